The van der Waals surface area contributed by atoms with Crippen molar-refractivity contribution >= 4 is 5.97 Å². The average Bonchev–Trinajstić information content (AvgIpc) is 2.72. The first-order valence-corrected chi connectivity index (χ1v) is 5.96. The van der Waals surface area contributed by atoms with Crippen LogP contribution in [0.5, 0.6) is 5.75 Å². The van der Waals surface area contributed by atoms with Crippen LogP contribution in [0, 0.1) is 0 Å². The van der Waals surface area contributed by atoms with E-state index in [9.17, 15) is 4.79 Å². The van der Waals surface area contributed by atoms with Crippen LogP contribution in [0.2, 0.25) is 0 Å². The minimum atomic E-state index is -0.224. The van der Waals surface area contributed by atoms with Gasteiger partial charge in [0.2, 0.25) is 0 Å². The van der Waals surface area contributed by atoms with Crippen molar-refractivity contribution in [1.82, 2.24) is 0 Å². The second-order valence-corrected chi connectivity index (χ2v) is 5.21. The van der Waals surface area contributed by atoms with Crippen molar-refractivity contribution in [3.63, 3.8) is 0 Å². The van der Waals surface area contributed by atoms with E-state index in [1.807, 2.05) is 12.1 Å². The highest BCUT2D eigenvalue weighted by Gasteiger charge is 2.70. The van der Waals surface area contributed by atoms with Crippen LogP contribution in [0.25, 0.3) is 0 Å². The molecule has 1 saturated heterocycles. The zero-order chi connectivity index (χ0) is 12.1. The minimum Gasteiger partial charge on any atom is -0.497 e. The first-order valence-electron chi connectivity index (χ1n) is 5.96. The Morgan fingerprint density at radius 3 is 2.53 bits per heavy atom. The van der Waals surface area contributed by atoms with E-state index in [1.165, 1.54) is 5.56 Å². The van der Waals surface area contributed by atoms with Gasteiger partial charge in [0.15, 0.2) is 0 Å². The molecule has 0 bridgehead atoms. The van der Waals surface area contributed by atoms with Crippen LogP contribution in [0.4, 0.5) is 0 Å². The topological polar surface area (TPSA) is 35.5 Å². The molecule has 1 heterocycles. The van der Waals surface area contributed by atoms with Gasteiger partial charge in [-0.15, -0.1) is 0 Å². The van der Waals surface area contributed by atoms with Crippen molar-refractivity contribution < 1.29 is 14.3 Å². The van der Waals surface area contributed by atoms with E-state index < -0.39 is 0 Å². The summed E-state index contributed by atoms with van der Waals surface area (Å²) in [6.07, 6.45) is 2.36. The van der Waals surface area contributed by atoms with Crippen LogP contribution in [-0.2, 0) is 14.9 Å². The smallest absolute Gasteiger partial charge is 0.306 e. The van der Waals surface area contributed by atoms with E-state index in [4.69, 9.17) is 9.47 Å². The number of methoxy groups -OCH3 is 1. The molecule has 3 nitrogen and oxygen atoms in total. The minimum absolute atomic E-state index is 0.00850. The van der Waals surface area contributed by atoms with E-state index in [2.05, 4.69) is 19.1 Å². The summed E-state index contributed by atoms with van der Waals surface area (Å²) in [4.78, 5) is 11.3. The van der Waals surface area contributed by atoms with E-state index in [1.54, 1.807) is 7.11 Å². The molecule has 1 aliphatic heterocycles. The summed E-state index contributed by atoms with van der Waals surface area (Å²) in [5, 5.41) is 0. The highest BCUT2D eigenvalue weighted by atomic mass is 16.6. The molecule has 2 aliphatic rings. The van der Waals surface area contributed by atoms with E-state index >= 15 is 0 Å². The highest BCUT2D eigenvalue weighted by molar-refractivity contribution is 5.74. The molecular formula is C14H16O3. The quantitative estimate of drug-likeness (QED) is 0.735. The molecule has 17 heavy (non-hydrogen) atoms. The van der Waals surface area contributed by atoms with Gasteiger partial charge in [-0.2, -0.15) is 0 Å². The Balaban J connectivity index is 1.87. The second kappa shape index (κ2) is 3.25. The monoisotopic (exact) mass is 232 g/mol. The number of benzene rings is 1. The van der Waals surface area contributed by atoms with Crippen molar-refractivity contribution in [3.05, 3.63) is 29.8 Å². The Morgan fingerprint density at radius 2 is 2.00 bits per heavy atom. The molecule has 1 aliphatic carbocycles. The van der Waals surface area contributed by atoms with Crippen molar-refractivity contribution in [2.45, 2.75) is 37.2 Å². The lowest BCUT2D eigenvalue weighted by Gasteiger charge is -2.17. The SMILES string of the molecule is COc1ccc(C2(C)CC23CCC(=O)O3)cc1. The molecule has 2 atom stereocenters. The first-order chi connectivity index (χ1) is 8.10. The molecule has 1 aromatic rings. The fourth-order valence-electron chi connectivity index (χ4n) is 2.99. The van der Waals surface area contributed by atoms with E-state index in [0.717, 1.165) is 18.6 Å². The van der Waals surface area contributed by atoms with Crippen LogP contribution in [0.1, 0.15) is 31.7 Å². The fourth-order valence-corrected chi connectivity index (χ4v) is 2.99. The van der Waals surface area contributed by atoms with Gasteiger partial charge >= 0.3 is 5.97 Å². The van der Waals surface area contributed by atoms with Crippen LogP contribution < -0.4 is 4.74 Å². The first kappa shape index (κ1) is 10.6. The maximum atomic E-state index is 11.3. The Hall–Kier alpha value is -1.51. The predicted octanol–water partition coefficient (Wildman–Crippen LogP) is 2.43. The van der Waals surface area contributed by atoms with Crippen LogP contribution >= 0.6 is 0 Å². The Bertz CT molecular complexity index is 465. The van der Waals surface area contributed by atoms with Crippen LogP contribution in [-0.4, -0.2) is 18.7 Å². The fraction of sp³-hybridized carbons (Fsp3) is 0.500. The maximum absolute atomic E-state index is 11.3. The van der Waals surface area contributed by atoms with Gasteiger partial charge in [0, 0.05) is 18.3 Å². The molecule has 0 radical (unpaired) electrons. The number of carbonyl (C=O) groups is 1. The van der Waals surface area contributed by atoms with Crippen LogP contribution in [0.3, 0.4) is 0 Å². The van der Waals surface area contributed by atoms with Crippen LogP contribution in [0.15, 0.2) is 24.3 Å². The molecule has 2 unspecified atom stereocenters. The Morgan fingerprint density at radius 1 is 1.29 bits per heavy atom. The third kappa shape index (κ3) is 1.38. The molecule has 90 valence electrons. The molecule has 0 aromatic heterocycles. The summed E-state index contributed by atoms with van der Waals surface area (Å²) in [5.41, 5.74) is 0.998. The van der Waals surface area contributed by atoms with Crippen molar-refractivity contribution in [3.8, 4) is 5.75 Å². The zero-order valence-corrected chi connectivity index (χ0v) is 10.2. The lowest BCUT2D eigenvalue weighted by molar-refractivity contribution is -0.143. The standard InChI is InChI=1S/C14H16O3/c1-13(9-14(13)8-7-12(15)17-14)10-3-5-11(16-2)6-4-10/h3-6H,7-9H2,1-2H3. The molecule has 0 amide bonds. The molecule has 0 N–H and O–H groups in total. The molecule has 3 rings (SSSR count). The number of ether oxygens (including phenoxy) is 2. The van der Waals surface area contributed by atoms with Crippen molar-refractivity contribution in [1.29, 1.82) is 0 Å². The van der Waals surface area contributed by atoms with Gasteiger partial charge in [-0.05, 0) is 24.1 Å². The number of esters is 1. The highest BCUT2D eigenvalue weighted by Crippen LogP contribution is 2.64. The average molecular weight is 232 g/mol. The van der Waals surface area contributed by atoms with Gasteiger partial charge in [0.25, 0.3) is 0 Å². The Labute approximate surface area is 101 Å². The second-order valence-electron chi connectivity index (χ2n) is 5.21. The number of hydrogen-bond acceptors (Lipinski definition) is 3. The summed E-state index contributed by atoms with van der Waals surface area (Å²) in [6.45, 7) is 2.17. The number of rotatable bonds is 2. The summed E-state index contributed by atoms with van der Waals surface area (Å²) in [7, 11) is 1.66. The van der Waals surface area contributed by atoms with Gasteiger partial charge in [0.1, 0.15) is 11.4 Å². The molecule has 1 spiro atoms. The molecule has 2 fully saturated rings. The third-order valence-corrected chi connectivity index (χ3v) is 4.29. The van der Waals surface area contributed by atoms with E-state index in [0.29, 0.717) is 6.42 Å². The van der Waals surface area contributed by atoms with Crippen molar-refractivity contribution in [2.24, 2.45) is 0 Å². The Kier molecular flexibility index (Phi) is 2.03. The molecule has 1 saturated carbocycles. The number of carbonyl (C=O) groups excluding carboxylic acids is 1. The van der Waals surface area contributed by atoms with Gasteiger partial charge in [-0.25, -0.2) is 0 Å². The lowest BCUT2D eigenvalue weighted by atomic mass is 9.92. The lowest BCUT2D eigenvalue weighted by Crippen LogP contribution is -2.21. The summed E-state index contributed by atoms with van der Waals surface area (Å²) >= 11 is 0. The zero-order valence-electron chi connectivity index (χ0n) is 10.2. The van der Waals surface area contributed by atoms with Gasteiger partial charge < -0.3 is 9.47 Å². The third-order valence-electron chi connectivity index (χ3n) is 4.29. The molecule has 3 heteroatoms. The molecular weight excluding hydrogens is 216 g/mol. The summed E-state index contributed by atoms with van der Waals surface area (Å²) < 4.78 is 10.7. The van der Waals surface area contributed by atoms with E-state index in [-0.39, 0.29) is 17.0 Å². The number of hydrogen-bond donors (Lipinski definition) is 0. The van der Waals surface area contributed by atoms with Gasteiger partial charge in [-0.1, -0.05) is 19.1 Å². The van der Waals surface area contributed by atoms with Gasteiger partial charge in [-0.3, -0.25) is 4.79 Å². The molecule has 1 aromatic carbocycles. The summed E-state index contributed by atoms with van der Waals surface area (Å²) in [5.74, 6) is 0.803. The predicted molar refractivity (Wildman–Crippen MR) is 63.0 cm³/mol. The van der Waals surface area contributed by atoms with Crippen molar-refractivity contribution in [2.75, 3.05) is 7.11 Å². The van der Waals surface area contributed by atoms with Gasteiger partial charge in [0.05, 0.1) is 7.11 Å². The largest absolute Gasteiger partial charge is 0.497 e. The maximum Gasteiger partial charge on any atom is 0.306 e. The summed E-state index contributed by atoms with van der Waals surface area (Å²) in [6, 6.07) is 8.06. The normalized spacial score (nSPS) is 34.8.